The van der Waals surface area contributed by atoms with Crippen LogP contribution in [0.5, 0.6) is 0 Å². The van der Waals surface area contributed by atoms with Gasteiger partial charge in [0.1, 0.15) is 0 Å². The summed E-state index contributed by atoms with van der Waals surface area (Å²) in [5.74, 6) is 0.843. The van der Waals surface area contributed by atoms with Crippen molar-refractivity contribution in [1.82, 2.24) is 15.6 Å². The molecular weight excluding hydrogens is 375 g/mol. The van der Waals surface area contributed by atoms with E-state index in [9.17, 15) is 0 Å². The quantitative estimate of drug-likeness (QED) is 0.472. The van der Waals surface area contributed by atoms with Crippen molar-refractivity contribution < 1.29 is 0 Å². The lowest BCUT2D eigenvalue weighted by Crippen LogP contribution is -2.41. The van der Waals surface area contributed by atoms with E-state index in [0.717, 1.165) is 29.0 Å². The molecule has 1 aromatic heterocycles. The van der Waals surface area contributed by atoms with Crippen LogP contribution in [-0.4, -0.2) is 23.5 Å². The van der Waals surface area contributed by atoms with Gasteiger partial charge in [-0.25, -0.2) is 4.99 Å². The van der Waals surface area contributed by atoms with Gasteiger partial charge in [-0.3, -0.25) is 4.98 Å². The number of pyridine rings is 1. The third kappa shape index (κ3) is 5.15. The topological polar surface area (TPSA) is 49.3 Å². The first-order valence-electron chi connectivity index (χ1n) is 7.08. The van der Waals surface area contributed by atoms with E-state index in [2.05, 4.69) is 65.6 Å². The summed E-state index contributed by atoms with van der Waals surface area (Å²) >= 11 is 0. The van der Waals surface area contributed by atoms with Crippen LogP contribution in [0.2, 0.25) is 0 Å². The SMILES string of the molecule is CCNC(=NCc1cccc2cccnc12)NC(C)C.I. The fraction of sp³-hybridized carbons (Fsp3) is 0.375. The van der Waals surface area contributed by atoms with E-state index in [1.54, 1.807) is 0 Å². The Bertz CT molecular complexity index is 590. The molecule has 2 aromatic rings. The van der Waals surface area contributed by atoms with Crippen molar-refractivity contribution in [3.63, 3.8) is 0 Å². The minimum atomic E-state index is 0. The van der Waals surface area contributed by atoms with Crippen molar-refractivity contribution in [2.75, 3.05) is 6.54 Å². The van der Waals surface area contributed by atoms with Gasteiger partial charge in [0, 0.05) is 24.2 Å². The number of aliphatic imine (C=N–C) groups is 1. The van der Waals surface area contributed by atoms with Gasteiger partial charge in [0.2, 0.25) is 0 Å². The Kier molecular flexibility index (Phi) is 7.42. The molecule has 0 amide bonds. The fourth-order valence-electron chi connectivity index (χ4n) is 2.05. The third-order valence-corrected chi connectivity index (χ3v) is 2.89. The van der Waals surface area contributed by atoms with Gasteiger partial charge in [0.15, 0.2) is 5.96 Å². The number of nitrogens with zero attached hydrogens (tertiary/aromatic N) is 2. The molecule has 1 aromatic carbocycles. The fourth-order valence-corrected chi connectivity index (χ4v) is 2.05. The molecule has 0 radical (unpaired) electrons. The zero-order valence-electron chi connectivity index (χ0n) is 12.8. The maximum absolute atomic E-state index is 4.63. The van der Waals surface area contributed by atoms with E-state index in [4.69, 9.17) is 0 Å². The first-order valence-corrected chi connectivity index (χ1v) is 7.08. The number of halogens is 1. The zero-order valence-corrected chi connectivity index (χ0v) is 15.1. The van der Waals surface area contributed by atoms with Crippen LogP contribution in [0.3, 0.4) is 0 Å². The molecule has 0 unspecified atom stereocenters. The Morgan fingerprint density at radius 3 is 2.71 bits per heavy atom. The second-order valence-corrected chi connectivity index (χ2v) is 4.99. The molecule has 2 rings (SSSR count). The second-order valence-electron chi connectivity index (χ2n) is 4.99. The van der Waals surface area contributed by atoms with Crippen molar-refractivity contribution in [1.29, 1.82) is 0 Å². The lowest BCUT2D eigenvalue weighted by atomic mass is 10.1. The Balaban J connectivity index is 0.00000220. The second kappa shape index (κ2) is 8.81. The molecule has 0 atom stereocenters. The number of benzene rings is 1. The predicted molar refractivity (Wildman–Crippen MR) is 100 cm³/mol. The maximum atomic E-state index is 4.63. The Hall–Kier alpha value is -1.37. The maximum Gasteiger partial charge on any atom is 0.191 e. The summed E-state index contributed by atoms with van der Waals surface area (Å²) in [6.45, 7) is 7.75. The number of rotatable bonds is 4. The molecule has 5 heteroatoms. The lowest BCUT2D eigenvalue weighted by molar-refractivity contribution is 0.701. The van der Waals surface area contributed by atoms with Crippen molar-refractivity contribution in [3.8, 4) is 0 Å². The summed E-state index contributed by atoms with van der Waals surface area (Å²) < 4.78 is 0. The number of guanidine groups is 1. The van der Waals surface area contributed by atoms with Gasteiger partial charge in [0.25, 0.3) is 0 Å². The standard InChI is InChI=1S/C16H22N4.HI/c1-4-17-16(20-12(2)3)19-11-14-8-5-7-13-9-6-10-18-15(13)14;/h5-10,12H,4,11H2,1-3H3,(H2,17,19,20);1H. The van der Waals surface area contributed by atoms with E-state index in [-0.39, 0.29) is 24.0 Å². The van der Waals surface area contributed by atoms with Crippen molar-refractivity contribution in [2.45, 2.75) is 33.4 Å². The summed E-state index contributed by atoms with van der Waals surface area (Å²) in [4.78, 5) is 9.08. The zero-order chi connectivity index (χ0) is 14.4. The molecule has 0 aliphatic carbocycles. The number of hydrogen-bond acceptors (Lipinski definition) is 2. The van der Waals surface area contributed by atoms with Crippen LogP contribution in [-0.2, 0) is 6.54 Å². The van der Waals surface area contributed by atoms with Gasteiger partial charge < -0.3 is 10.6 Å². The number of aromatic nitrogens is 1. The van der Waals surface area contributed by atoms with Crippen LogP contribution < -0.4 is 10.6 Å². The van der Waals surface area contributed by atoms with Crippen LogP contribution in [0.1, 0.15) is 26.3 Å². The highest BCUT2D eigenvalue weighted by molar-refractivity contribution is 14.0. The van der Waals surface area contributed by atoms with Crippen LogP contribution >= 0.6 is 24.0 Å². The lowest BCUT2D eigenvalue weighted by Gasteiger charge is -2.14. The molecule has 0 bridgehead atoms. The van der Waals surface area contributed by atoms with E-state index >= 15 is 0 Å². The Morgan fingerprint density at radius 1 is 1.24 bits per heavy atom. The van der Waals surface area contributed by atoms with Gasteiger partial charge in [-0.05, 0) is 32.4 Å². The van der Waals surface area contributed by atoms with Gasteiger partial charge in [-0.15, -0.1) is 24.0 Å². The third-order valence-electron chi connectivity index (χ3n) is 2.89. The van der Waals surface area contributed by atoms with Gasteiger partial charge in [-0.1, -0.05) is 24.3 Å². The molecule has 0 fully saturated rings. The van der Waals surface area contributed by atoms with Crippen LogP contribution in [0.15, 0.2) is 41.5 Å². The number of hydrogen-bond donors (Lipinski definition) is 2. The van der Waals surface area contributed by atoms with E-state index in [0.29, 0.717) is 12.6 Å². The molecular formula is C16H23IN4. The summed E-state index contributed by atoms with van der Waals surface area (Å²) in [7, 11) is 0. The molecule has 21 heavy (non-hydrogen) atoms. The largest absolute Gasteiger partial charge is 0.357 e. The summed E-state index contributed by atoms with van der Waals surface area (Å²) in [6.07, 6.45) is 1.83. The summed E-state index contributed by atoms with van der Waals surface area (Å²) in [6, 6.07) is 10.6. The van der Waals surface area contributed by atoms with E-state index in [1.807, 2.05) is 12.3 Å². The highest BCUT2D eigenvalue weighted by Crippen LogP contribution is 2.16. The predicted octanol–water partition coefficient (Wildman–Crippen LogP) is 3.32. The van der Waals surface area contributed by atoms with Gasteiger partial charge in [-0.2, -0.15) is 0 Å². The van der Waals surface area contributed by atoms with Crippen LogP contribution in [0, 0.1) is 0 Å². The monoisotopic (exact) mass is 398 g/mol. The van der Waals surface area contributed by atoms with Crippen molar-refractivity contribution in [2.24, 2.45) is 4.99 Å². The van der Waals surface area contributed by atoms with Crippen molar-refractivity contribution >= 4 is 40.8 Å². The number of para-hydroxylation sites is 1. The molecule has 4 nitrogen and oxygen atoms in total. The highest BCUT2D eigenvalue weighted by Gasteiger charge is 2.03. The van der Waals surface area contributed by atoms with Crippen LogP contribution in [0.4, 0.5) is 0 Å². The molecule has 2 N–H and O–H groups in total. The molecule has 0 spiro atoms. The first-order chi connectivity index (χ1) is 9.70. The Morgan fingerprint density at radius 2 is 2.00 bits per heavy atom. The number of fused-ring (bicyclic) bond motifs is 1. The normalized spacial score (nSPS) is 11.3. The summed E-state index contributed by atoms with van der Waals surface area (Å²) in [5, 5.41) is 7.72. The molecule has 114 valence electrons. The summed E-state index contributed by atoms with van der Waals surface area (Å²) in [5.41, 5.74) is 2.17. The molecule has 0 aliphatic heterocycles. The van der Waals surface area contributed by atoms with Crippen LogP contribution in [0.25, 0.3) is 10.9 Å². The minimum absolute atomic E-state index is 0. The molecule has 0 saturated carbocycles. The molecule has 0 saturated heterocycles. The molecule has 0 aliphatic rings. The van der Waals surface area contributed by atoms with Crippen molar-refractivity contribution in [3.05, 3.63) is 42.1 Å². The average molecular weight is 398 g/mol. The van der Waals surface area contributed by atoms with Gasteiger partial charge in [0.05, 0.1) is 12.1 Å². The molecule has 1 heterocycles. The minimum Gasteiger partial charge on any atom is -0.357 e. The smallest absolute Gasteiger partial charge is 0.191 e. The average Bonchev–Trinajstić information content (AvgIpc) is 2.44. The highest BCUT2D eigenvalue weighted by atomic mass is 127. The Labute approximate surface area is 143 Å². The van der Waals surface area contributed by atoms with E-state index in [1.165, 1.54) is 0 Å². The van der Waals surface area contributed by atoms with E-state index < -0.39 is 0 Å². The first kappa shape index (κ1) is 17.7. The number of nitrogens with one attached hydrogen (secondary N) is 2. The van der Waals surface area contributed by atoms with Gasteiger partial charge >= 0.3 is 0 Å².